The molecular weight excluding hydrogens is 484 g/mol. The quantitative estimate of drug-likeness (QED) is 0.217. The Morgan fingerprint density at radius 1 is 0.679 bits per heavy atom. The van der Waals surface area contributed by atoms with Crippen molar-refractivity contribution in [1.29, 1.82) is 0 Å². The van der Waals surface area contributed by atoms with E-state index >= 15 is 0 Å². The van der Waals surface area contributed by atoms with Crippen LogP contribution in [0.15, 0.2) is 67.8 Å². The zero-order chi connectivity index (χ0) is 20.8. The Labute approximate surface area is 184 Å². The van der Waals surface area contributed by atoms with Crippen molar-refractivity contribution in [1.82, 2.24) is 0 Å². The average Bonchev–Trinajstić information content (AvgIpc) is 2.72. The number of halogens is 2. The number of benzene rings is 2. The van der Waals surface area contributed by atoms with Gasteiger partial charge in [0.05, 0.1) is 11.4 Å². The minimum atomic E-state index is 0.763. The minimum Gasteiger partial charge on any atom is -0.411 e. The molecule has 0 aliphatic heterocycles. The second-order valence-corrected chi connectivity index (χ2v) is 8.15. The maximum Gasteiger partial charge on any atom is 0.0867 e. The van der Waals surface area contributed by atoms with Gasteiger partial charge in [-0.1, -0.05) is 93.1 Å². The van der Waals surface area contributed by atoms with Crippen molar-refractivity contribution in [2.75, 3.05) is 0 Å². The van der Waals surface area contributed by atoms with Gasteiger partial charge in [-0.3, -0.25) is 0 Å². The Hall–Kier alpha value is -1.66. The van der Waals surface area contributed by atoms with E-state index in [9.17, 15) is 0 Å². The van der Waals surface area contributed by atoms with E-state index in [4.69, 9.17) is 10.4 Å². The van der Waals surface area contributed by atoms with Crippen LogP contribution in [0.5, 0.6) is 0 Å². The van der Waals surface area contributed by atoms with Crippen LogP contribution in [0.4, 0.5) is 0 Å². The standard InChI is InChI=1S/2C11H14BrNO/c2*1-2-3-4-11(13-14)9-5-7-10(12)8-6-9/h2*5-8,14H,2-4H2,1H3. The molecule has 0 fully saturated rings. The first kappa shape index (κ1) is 24.4. The molecule has 4 nitrogen and oxygen atoms in total. The van der Waals surface area contributed by atoms with Crippen molar-refractivity contribution < 1.29 is 10.4 Å². The summed E-state index contributed by atoms with van der Waals surface area (Å²) in [7, 11) is 0. The fraction of sp³-hybridized carbons (Fsp3) is 0.364. The van der Waals surface area contributed by atoms with Gasteiger partial charge in [-0.05, 0) is 61.1 Å². The third kappa shape index (κ3) is 9.02. The van der Waals surface area contributed by atoms with Gasteiger partial charge in [0.2, 0.25) is 0 Å². The highest BCUT2D eigenvalue weighted by Gasteiger charge is 2.04. The van der Waals surface area contributed by atoms with E-state index in [0.717, 1.165) is 70.0 Å². The van der Waals surface area contributed by atoms with Crippen molar-refractivity contribution >= 4 is 43.3 Å². The van der Waals surface area contributed by atoms with Crippen LogP contribution in [-0.4, -0.2) is 21.8 Å². The minimum absolute atomic E-state index is 0.763. The number of oxime groups is 2. The number of unbranched alkanes of at least 4 members (excludes halogenated alkanes) is 2. The van der Waals surface area contributed by atoms with Crippen LogP contribution in [0, 0.1) is 0 Å². The SMILES string of the molecule is CCCCC(=NO)c1ccc(Br)cc1.CCCCC(=NO)c1ccc(Br)cc1. The molecule has 0 saturated carbocycles. The molecule has 2 N–H and O–H groups in total. The normalized spacial score (nSPS) is 11.7. The number of rotatable bonds is 8. The molecule has 2 aromatic carbocycles. The number of hydrogen-bond donors (Lipinski definition) is 2. The van der Waals surface area contributed by atoms with Gasteiger partial charge in [0.25, 0.3) is 0 Å². The molecule has 0 bridgehead atoms. The number of hydrogen-bond acceptors (Lipinski definition) is 4. The summed E-state index contributed by atoms with van der Waals surface area (Å²) < 4.78 is 2.07. The topological polar surface area (TPSA) is 65.2 Å². The molecule has 0 spiro atoms. The lowest BCUT2D eigenvalue weighted by Gasteiger charge is -2.03. The zero-order valence-corrected chi connectivity index (χ0v) is 19.6. The third-order valence-corrected chi connectivity index (χ3v) is 5.19. The third-order valence-electron chi connectivity index (χ3n) is 4.13. The van der Waals surface area contributed by atoms with E-state index in [1.807, 2.05) is 48.5 Å². The summed E-state index contributed by atoms with van der Waals surface area (Å²) in [5, 5.41) is 24.4. The second-order valence-electron chi connectivity index (χ2n) is 6.31. The smallest absolute Gasteiger partial charge is 0.0867 e. The molecule has 6 heteroatoms. The molecule has 0 radical (unpaired) electrons. The lowest BCUT2D eigenvalue weighted by molar-refractivity contribution is 0.317. The predicted molar refractivity (Wildman–Crippen MR) is 124 cm³/mol. The van der Waals surface area contributed by atoms with Gasteiger partial charge in [0, 0.05) is 8.95 Å². The van der Waals surface area contributed by atoms with Gasteiger partial charge >= 0.3 is 0 Å². The van der Waals surface area contributed by atoms with Gasteiger partial charge in [-0.2, -0.15) is 0 Å². The van der Waals surface area contributed by atoms with E-state index in [1.54, 1.807) is 0 Å². The molecule has 0 atom stereocenters. The van der Waals surface area contributed by atoms with E-state index < -0.39 is 0 Å². The van der Waals surface area contributed by atoms with Gasteiger partial charge in [0.1, 0.15) is 0 Å². The Morgan fingerprint density at radius 2 is 1.00 bits per heavy atom. The molecule has 2 rings (SSSR count). The van der Waals surface area contributed by atoms with Crippen molar-refractivity contribution in [2.45, 2.75) is 52.4 Å². The molecule has 0 saturated heterocycles. The van der Waals surface area contributed by atoms with Crippen LogP contribution >= 0.6 is 31.9 Å². The first-order valence-corrected chi connectivity index (χ1v) is 11.1. The van der Waals surface area contributed by atoms with Crippen molar-refractivity contribution in [3.8, 4) is 0 Å². The summed E-state index contributed by atoms with van der Waals surface area (Å²) in [6.07, 6.45) is 5.97. The van der Waals surface area contributed by atoms with Gasteiger partial charge < -0.3 is 10.4 Å². The van der Waals surface area contributed by atoms with E-state index in [2.05, 4.69) is 56.0 Å². The fourth-order valence-electron chi connectivity index (χ4n) is 2.48. The number of nitrogens with zero attached hydrogens (tertiary/aromatic N) is 2. The Kier molecular flexibility index (Phi) is 12.5. The maximum absolute atomic E-state index is 8.85. The Morgan fingerprint density at radius 3 is 1.25 bits per heavy atom. The molecule has 2 aromatic rings. The van der Waals surface area contributed by atoms with E-state index in [1.165, 1.54) is 0 Å². The predicted octanol–water partition coefficient (Wildman–Crippen LogP) is 7.64. The first-order valence-electron chi connectivity index (χ1n) is 9.49. The molecule has 0 aliphatic rings. The molecule has 152 valence electrons. The van der Waals surface area contributed by atoms with Crippen LogP contribution < -0.4 is 0 Å². The summed E-state index contributed by atoms with van der Waals surface area (Å²) in [5.41, 5.74) is 3.51. The highest BCUT2D eigenvalue weighted by Crippen LogP contribution is 2.14. The monoisotopic (exact) mass is 510 g/mol. The van der Waals surface area contributed by atoms with Gasteiger partial charge in [-0.15, -0.1) is 0 Å². The fourth-order valence-corrected chi connectivity index (χ4v) is 3.01. The van der Waals surface area contributed by atoms with Crippen LogP contribution in [0.25, 0.3) is 0 Å². The molecule has 0 heterocycles. The Bertz CT molecular complexity index is 677. The molecule has 0 aromatic heterocycles. The highest BCUT2D eigenvalue weighted by atomic mass is 79.9. The maximum atomic E-state index is 8.85. The van der Waals surface area contributed by atoms with Crippen LogP contribution in [0.1, 0.15) is 63.5 Å². The summed E-state index contributed by atoms with van der Waals surface area (Å²) in [5.74, 6) is 0. The Balaban J connectivity index is 0.000000280. The highest BCUT2D eigenvalue weighted by molar-refractivity contribution is 9.10. The van der Waals surface area contributed by atoms with Crippen molar-refractivity contribution in [2.24, 2.45) is 10.3 Å². The van der Waals surface area contributed by atoms with Crippen molar-refractivity contribution in [3.63, 3.8) is 0 Å². The average molecular weight is 512 g/mol. The van der Waals surface area contributed by atoms with E-state index in [0.29, 0.717) is 0 Å². The summed E-state index contributed by atoms with van der Waals surface area (Å²) in [6.45, 7) is 4.24. The van der Waals surface area contributed by atoms with Gasteiger partial charge in [0.15, 0.2) is 0 Å². The lowest BCUT2D eigenvalue weighted by atomic mass is 10.1. The largest absolute Gasteiger partial charge is 0.411 e. The van der Waals surface area contributed by atoms with Crippen LogP contribution in [-0.2, 0) is 0 Å². The lowest BCUT2D eigenvalue weighted by Crippen LogP contribution is -2.00. The summed E-state index contributed by atoms with van der Waals surface area (Å²) in [6, 6.07) is 15.6. The zero-order valence-electron chi connectivity index (χ0n) is 16.4. The molecule has 0 amide bonds. The first-order chi connectivity index (χ1) is 13.5. The summed E-state index contributed by atoms with van der Waals surface area (Å²) >= 11 is 6.73. The van der Waals surface area contributed by atoms with Crippen LogP contribution in [0.2, 0.25) is 0 Å². The second kappa shape index (κ2) is 14.4. The molecule has 28 heavy (non-hydrogen) atoms. The van der Waals surface area contributed by atoms with E-state index in [-0.39, 0.29) is 0 Å². The van der Waals surface area contributed by atoms with Crippen LogP contribution in [0.3, 0.4) is 0 Å². The summed E-state index contributed by atoms with van der Waals surface area (Å²) in [4.78, 5) is 0. The van der Waals surface area contributed by atoms with Gasteiger partial charge in [-0.25, -0.2) is 0 Å². The molecule has 0 aliphatic carbocycles. The molecule has 0 unspecified atom stereocenters. The van der Waals surface area contributed by atoms with Crippen molar-refractivity contribution in [3.05, 3.63) is 68.6 Å². The molecular formula is C22H28Br2N2O2.